The van der Waals surface area contributed by atoms with Crippen LogP contribution in [-0.2, 0) is 18.3 Å². The molecule has 0 bridgehead atoms. The van der Waals surface area contributed by atoms with Gasteiger partial charge in [0.1, 0.15) is 0 Å². The molecule has 2 aromatic carbocycles. The predicted molar refractivity (Wildman–Crippen MR) is 121 cm³/mol. The van der Waals surface area contributed by atoms with Crippen LogP contribution >= 0.6 is 11.8 Å². The molecule has 0 N–H and O–H groups in total. The Kier molecular flexibility index (Phi) is 6.53. The van der Waals surface area contributed by atoms with Crippen LogP contribution in [-0.4, -0.2) is 44.4 Å². The zero-order valence-electron chi connectivity index (χ0n) is 17.6. The minimum atomic E-state index is 0.193. The molecule has 0 radical (unpaired) electrons. The first kappa shape index (κ1) is 20.7. The average Bonchev–Trinajstić information content (AvgIpc) is 3.14. The lowest BCUT2D eigenvalue weighted by molar-refractivity contribution is -0.129. The average molecular weight is 421 g/mol. The number of amides is 1. The number of rotatable bonds is 6. The molecule has 0 aliphatic carbocycles. The molecule has 1 aliphatic heterocycles. The van der Waals surface area contributed by atoms with Crippen LogP contribution in [0.1, 0.15) is 24.0 Å². The van der Waals surface area contributed by atoms with E-state index >= 15 is 0 Å². The second kappa shape index (κ2) is 9.47. The number of hydrogen-bond acceptors (Lipinski definition) is 4. The lowest BCUT2D eigenvalue weighted by Gasteiger charge is -2.32. The van der Waals surface area contributed by atoms with E-state index in [0.29, 0.717) is 11.7 Å². The highest BCUT2D eigenvalue weighted by atomic mass is 32.2. The number of benzene rings is 2. The van der Waals surface area contributed by atoms with Crippen LogP contribution in [0.25, 0.3) is 11.4 Å². The van der Waals surface area contributed by atoms with E-state index in [2.05, 4.69) is 71.7 Å². The molecule has 1 aromatic heterocycles. The van der Waals surface area contributed by atoms with E-state index in [9.17, 15) is 4.79 Å². The highest BCUT2D eigenvalue weighted by molar-refractivity contribution is 7.99. The van der Waals surface area contributed by atoms with Crippen LogP contribution in [0.4, 0.5) is 0 Å². The Morgan fingerprint density at radius 2 is 1.73 bits per heavy atom. The van der Waals surface area contributed by atoms with Crippen molar-refractivity contribution in [2.45, 2.75) is 31.3 Å². The maximum absolute atomic E-state index is 12.7. The van der Waals surface area contributed by atoms with Crippen LogP contribution in [0, 0.1) is 12.8 Å². The van der Waals surface area contributed by atoms with Gasteiger partial charge in [0, 0.05) is 25.7 Å². The molecule has 1 amide bonds. The molecule has 1 saturated heterocycles. The molecule has 30 heavy (non-hydrogen) atoms. The fraction of sp³-hybridized carbons (Fsp3) is 0.375. The minimum absolute atomic E-state index is 0.193. The zero-order valence-corrected chi connectivity index (χ0v) is 18.4. The first-order valence-electron chi connectivity index (χ1n) is 10.5. The maximum Gasteiger partial charge on any atom is 0.233 e. The Labute approximate surface area is 182 Å². The third-order valence-corrected chi connectivity index (χ3v) is 6.81. The van der Waals surface area contributed by atoms with Gasteiger partial charge in [-0.1, -0.05) is 71.9 Å². The van der Waals surface area contributed by atoms with Gasteiger partial charge in [-0.3, -0.25) is 4.79 Å². The predicted octanol–water partition coefficient (Wildman–Crippen LogP) is 4.36. The summed E-state index contributed by atoms with van der Waals surface area (Å²) >= 11 is 1.47. The van der Waals surface area contributed by atoms with Gasteiger partial charge in [0.05, 0.1) is 5.75 Å². The topological polar surface area (TPSA) is 51.0 Å². The Bertz CT molecular complexity index is 976. The molecule has 0 saturated carbocycles. The molecule has 0 unspecified atom stereocenters. The first-order chi connectivity index (χ1) is 14.6. The normalized spacial score (nSPS) is 14.8. The summed E-state index contributed by atoms with van der Waals surface area (Å²) in [6.07, 6.45) is 3.26. The summed E-state index contributed by atoms with van der Waals surface area (Å²) in [5, 5.41) is 9.39. The Morgan fingerprint density at radius 1 is 1.03 bits per heavy atom. The van der Waals surface area contributed by atoms with Gasteiger partial charge in [-0.25, -0.2) is 0 Å². The van der Waals surface area contributed by atoms with Gasteiger partial charge in [0.25, 0.3) is 0 Å². The Hall–Kier alpha value is -2.60. The number of nitrogens with zero attached hydrogens (tertiary/aromatic N) is 4. The lowest BCUT2D eigenvalue weighted by atomic mass is 9.90. The van der Waals surface area contributed by atoms with Crippen molar-refractivity contribution in [3.8, 4) is 11.4 Å². The number of thioether (sulfide) groups is 1. The number of carbonyl (C=O) groups excluding carboxylic acids is 1. The summed E-state index contributed by atoms with van der Waals surface area (Å²) in [4.78, 5) is 14.7. The maximum atomic E-state index is 12.7. The van der Waals surface area contributed by atoms with Gasteiger partial charge < -0.3 is 9.47 Å². The van der Waals surface area contributed by atoms with Gasteiger partial charge >= 0.3 is 0 Å². The largest absolute Gasteiger partial charge is 0.342 e. The van der Waals surface area contributed by atoms with Crippen molar-refractivity contribution in [3.63, 3.8) is 0 Å². The third kappa shape index (κ3) is 4.93. The van der Waals surface area contributed by atoms with Crippen molar-refractivity contribution in [2.75, 3.05) is 18.8 Å². The van der Waals surface area contributed by atoms with E-state index < -0.39 is 0 Å². The number of carbonyl (C=O) groups is 1. The molecule has 1 fully saturated rings. The van der Waals surface area contributed by atoms with Crippen molar-refractivity contribution >= 4 is 17.7 Å². The smallest absolute Gasteiger partial charge is 0.233 e. The Balaban J connectivity index is 1.28. The summed E-state index contributed by atoms with van der Waals surface area (Å²) < 4.78 is 1.97. The SMILES string of the molecule is Cc1ccc(-c2nnc(SCC(=O)N3CCC(Cc4ccccc4)CC3)n2C)cc1. The van der Waals surface area contributed by atoms with Crippen molar-refractivity contribution in [2.24, 2.45) is 13.0 Å². The van der Waals surface area contributed by atoms with Crippen LogP contribution in [0.15, 0.2) is 59.8 Å². The Morgan fingerprint density at radius 3 is 2.43 bits per heavy atom. The van der Waals surface area contributed by atoms with Crippen molar-refractivity contribution in [1.82, 2.24) is 19.7 Å². The van der Waals surface area contributed by atoms with Crippen LogP contribution in [0.5, 0.6) is 0 Å². The fourth-order valence-corrected chi connectivity index (χ4v) is 4.76. The summed E-state index contributed by atoms with van der Waals surface area (Å²) in [6.45, 7) is 3.77. The van der Waals surface area contributed by atoms with E-state index in [1.807, 2.05) is 16.5 Å². The lowest BCUT2D eigenvalue weighted by Crippen LogP contribution is -2.39. The van der Waals surface area contributed by atoms with E-state index in [4.69, 9.17) is 0 Å². The highest BCUT2D eigenvalue weighted by Crippen LogP contribution is 2.25. The van der Waals surface area contributed by atoms with E-state index in [0.717, 1.165) is 48.9 Å². The molecule has 5 nitrogen and oxygen atoms in total. The van der Waals surface area contributed by atoms with Gasteiger partial charge in [-0.2, -0.15) is 0 Å². The van der Waals surface area contributed by atoms with E-state index in [-0.39, 0.29) is 5.91 Å². The first-order valence-corrected chi connectivity index (χ1v) is 11.5. The van der Waals surface area contributed by atoms with E-state index in [1.165, 1.54) is 22.9 Å². The number of aromatic nitrogens is 3. The molecule has 4 rings (SSSR count). The van der Waals surface area contributed by atoms with Crippen molar-refractivity contribution in [1.29, 1.82) is 0 Å². The third-order valence-electron chi connectivity index (χ3n) is 5.80. The van der Waals surface area contributed by atoms with Crippen LogP contribution < -0.4 is 0 Å². The molecule has 6 heteroatoms. The molecule has 0 spiro atoms. The summed E-state index contributed by atoms with van der Waals surface area (Å²) in [6, 6.07) is 18.9. The van der Waals surface area contributed by atoms with Gasteiger partial charge in [-0.15, -0.1) is 10.2 Å². The van der Waals surface area contributed by atoms with Gasteiger partial charge in [0.15, 0.2) is 11.0 Å². The van der Waals surface area contributed by atoms with Crippen molar-refractivity contribution in [3.05, 3.63) is 65.7 Å². The number of aryl methyl sites for hydroxylation is 1. The second-order valence-electron chi connectivity index (χ2n) is 8.03. The van der Waals surface area contributed by atoms with Crippen molar-refractivity contribution < 1.29 is 4.79 Å². The molecule has 2 heterocycles. The molecular formula is C24H28N4OS. The van der Waals surface area contributed by atoms with Crippen LogP contribution in [0.3, 0.4) is 0 Å². The number of likely N-dealkylation sites (tertiary alicyclic amines) is 1. The standard InChI is InChI=1S/C24H28N4OS/c1-18-8-10-21(11-9-18)23-25-26-24(27(23)2)30-17-22(29)28-14-12-20(13-15-28)16-19-6-4-3-5-7-19/h3-11,20H,12-17H2,1-2H3. The molecule has 156 valence electrons. The molecular weight excluding hydrogens is 392 g/mol. The van der Waals surface area contributed by atoms with Gasteiger partial charge in [-0.05, 0) is 37.7 Å². The minimum Gasteiger partial charge on any atom is -0.342 e. The summed E-state index contributed by atoms with van der Waals surface area (Å²) in [5.74, 6) is 2.09. The summed E-state index contributed by atoms with van der Waals surface area (Å²) in [7, 11) is 1.96. The quantitative estimate of drug-likeness (QED) is 0.556. The van der Waals surface area contributed by atoms with Crippen LogP contribution in [0.2, 0.25) is 0 Å². The molecule has 3 aromatic rings. The number of piperidine rings is 1. The number of hydrogen-bond donors (Lipinski definition) is 0. The molecule has 1 aliphatic rings. The molecule has 0 atom stereocenters. The summed E-state index contributed by atoms with van der Waals surface area (Å²) in [5.41, 5.74) is 3.65. The zero-order chi connectivity index (χ0) is 20.9. The highest BCUT2D eigenvalue weighted by Gasteiger charge is 2.23. The monoisotopic (exact) mass is 420 g/mol. The van der Waals surface area contributed by atoms with E-state index in [1.54, 1.807) is 0 Å². The second-order valence-corrected chi connectivity index (χ2v) is 8.98. The fourth-order valence-electron chi connectivity index (χ4n) is 3.95. The van der Waals surface area contributed by atoms with Gasteiger partial charge in [0.2, 0.25) is 5.91 Å².